The van der Waals surface area contributed by atoms with Crippen LogP contribution in [0.25, 0.3) is 10.9 Å². The summed E-state index contributed by atoms with van der Waals surface area (Å²) in [7, 11) is 1.81. The van der Waals surface area contributed by atoms with Crippen LogP contribution in [0.5, 0.6) is 0 Å². The lowest BCUT2D eigenvalue weighted by Gasteiger charge is -2.46. The maximum atomic E-state index is 14.3. The number of aliphatic hydroxyl groups is 1. The highest BCUT2D eigenvalue weighted by atomic mass is 16.3. The number of piperidine rings is 1. The molecule has 1 atom stereocenters. The van der Waals surface area contributed by atoms with Gasteiger partial charge in [-0.15, -0.1) is 0 Å². The number of benzene rings is 2. The second-order valence-corrected chi connectivity index (χ2v) is 14.0. The average molecular weight is 572 g/mol. The molecule has 2 fully saturated rings. The van der Waals surface area contributed by atoms with Crippen molar-refractivity contribution in [2.45, 2.75) is 83.8 Å². The zero-order valence-electron chi connectivity index (χ0n) is 26.0. The number of carbonyl (C=O) groups excluding carboxylic acids is 1. The lowest BCUT2D eigenvalue weighted by molar-refractivity contribution is -0.139. The van der Waals surface area contributed by atoms with Gasteiger partial charge >= 0.3 is 0 Å². The van der Waals surface area contributed by atoms with Crippen LogP contribution in [-0.2, 0) is 18.4 Å². The van der Waals surface area contributed by atoms with Crippen molar-refractivity contribution in [3.8, 4) is 0 Å². The molecule has 1 unspecified atom stereocenters. The van der Waals surface area contributed by atoms with Gasteiger partial charge in [-0.05, 0) is 54.2 Å². The molecule has 1 N–H and O–H groups in total. The van der Waals surface area contributed by atoms with E-state index < -0.39 is 5.60 Å². The normalized spacial score (nSPS) is 19.1. The quantitative estimate of drug-likeness (QED) is 0.355. The first-order chi connectivity index (χ1) is 20.0. The molecule has 2 aromatic carbocycles. The third-order valence-corrected chi connectivity index (χ3v) is 9.51. The van der Waals surface area contributed by atoms with Gasteiger partial charge in [0.25, 0.3) is 5.56 Å². The molecule has 1 aliphatic heterocycles. The Morgan fingerprint density at radius 1 is 1.00 bits per heavy atom. The van der Waals surface area contributed by atoms with Crippen molar-refractivity contribution in [2.24, 2.45) is 18.4 Å². The molecular formula is C36H49N3O3. The number of carbonyl (C=O) groups is 1. The zero-order chi connectivity index (χ0) is 29.9. The second-order valence-electron chi connectivity index (χ2n) is 14.0. The third-order valence-electron chi connectivity index (χ3n) is 9.51. The van der Waals surface area contributed by atoms with E-state index in [0.29, 0.717) is 24.9 Å². The molecule has 1 amide bonds. The minimum absolute atomic E-state index is 0.0252. The fourth-order valence-electron chi connectivity index (χ4n) is 7.26. The predicted molar refractivity (Wildman–Crippen MR) is 170 cm³/mol. The first-order valence-corrected chi connectivity index (χ1v) is 15.9. The zero-order valence-corrected chi connectivity index (χ0v) is 26.0. The van der Waals surface area contributed by atoms with Gasteiger partial charge in [0.1, 0.15) is 0 Å². The highest BCUT2D eigenvalue weighted by Crippen LogP contribution is 2.39. The standard InChI is InChI=1S/C36H49N3O3/c1-35(2,3)26-38-21-19-36(42,20-22-38)31(27-13-7-5-8-14-27)25-39(34(41)28-15-9-6-10-16-28)24-30-23-29-17-11-12-18-32(29)37(4)33(30)40/h5,7-8,11-14,17-18,23,28,31,42H,6,9-10,15-16,19-22,24-26H2,1-4H3. The third kappa shape index (κ3) is 6.98. The SMILES string of the molecule is Cn1c(=O)c(CN(CC(c2ccccc2)C2(O)CCN(CC(C)(C)C)CC2)C(=O)C2CCCCC2)cc2ccccc21. The number of amides is 1. The van der Waals surface area contributed by atoms with Crippen LogP contribution in [0, 0.1) is 11.3 Å². The molecule has 2 aliphatic rings. The Kier molecular flexibility index (Phi) is 9.24. The molecule has 42 heavy (non-hydrogen) atoms. The number of rotatable bonds is 8. The Balaban J connectivity index is 1.49. The van der Waals surface area contributed by atoms with Gasteiger partial charge in [0.15, 0.2) is 0 Å². The summed E-state index contributed by atoms with van der Waals surface area (Å²) in [5, 5.41) is 13.3. The molecule has 6 nitrogen and oxygen atoms in total. The summed E-state index contributed by atoms with van der Waals surface area (Å²) in [5.74, 6) is -0.144. The Bertz CT molecular complexity index is 1410. The van der Waals surface area contributed by atoms with Gasteiger partial charge in [-0.2, -0.15) is 0 Å². The van der Waals surface area contributed by atoms with Crippen LogP contribution in [0.4, 0.5) is 0 Å². The van der Waals surface area contributed by atoms with Crippen molar-refractivity contribution in [3.63, 3.8) is 0 Å². The molecule has 0 radical (unpaired) electrons. The van der Waals surface area contributed by atoms with Crippen LogP contribution in [-0.4, -0.2) is 57.2 Å². The van der Waals surface area contributed by atoms with Gasteiger partial charge < -0.3 is 19.5 Å². The molecule has 2 heterocycles. The van der Waals surface area contributed by atoms with Crippen LogP contribution in [0.15, 0.2) is 65.5 Å². The van der Waals surface area contributed by atoms with E-state index in [4.69, 9.17) is 0 Å². The van der Waals surface area contributed by atoms with Crippen LogP contribution in [0.1, 0.15) is 82.8 Å². The number of aromatic nitrogens is 1. The maximum absolute atomic E-state index is 14.3. The van der Waals surface area contributed by atoms with E-state index in [1.54, 1.807) is 4.57 Å². The average Bonchev–Trinajstić information content (AvgIpc) is 2.99. The van der Waals surface area contributed by atoms with Gasteiger partial charge in [-0.25, -0.2) is 0 Å². The number of hydrogen-bond donors (Lipinski definition) is 1. The van der Waals surface area contributed by atoms with E-state index in [1.165, 1.54) is 6.42 Å². The van der Waals surface area contributed by atoms with Gasteiger partial charge in [-0.3, -0.25) is 9.59 Å². The van der Waals surface area contributed by atoms with Crippen LogP contribution >= 0.6 is 0 Å². The number of aryl methyl sites for hydroxylation is 1. The van der Waals surface area contributed by atoms with Gasteiger partial charge in [0.2, 0.25) is 5.91 Å². The molecule has 1 saturated carbocycles. The summed E-state index contributed by atoms with van der Waals surface area (Å²) in [4.78, 5) is 32.2. The monoisotopic (exact) mass is 571 g/mol. The van der Waals surface area contributed by atoms with E-state index in [9.17, 15) is 14.7 Å². The highest BCUT2D eigenvalue weighted by molar-refractivity contribution is 5.81. The fourth-order valence-corrected chi connectivity index (χ4v) is 7.26. The maximum Gasteiger partial charge on any atom is 0.255 e. The van der Waals surface area contributed by atoms with Crippen molar-refractivity contribution >= 4 is 16.8 Å². The molecule has 1 aromatic heterocycles. The van der Waals surface area contributed by atoms with Crippen LogP contribution in [0.2, 0.25) is 0 Å². The van der Waals surface area contributed by atoms with Crippen molar-refractivity contribution in [2.75, 3.05) is 26.2 Å². The fraction of sp³-hybridized carbons (Fsp3) is 0.556. The number of likely N-dealkylation sites (tertiary alicyclic amines) is 1. The summed E-state index contributed by atoms with van der Waals surface area (Å²) in [5.41, 5.74) is 1.76. The van der Waals surface area contributed by atoms with E-state index in [-0.39, 0.29) is 35.3 Å². The van der Waals surface area contributed by atoms with E-state index in [1.807, 2.05) is 60.5 Å². The number of fused-ring (bicyclic) bond motifs is 1. The molecular weight excluding hydrogens is 522 g/mol. The predicted octanol–water partition coefficient (Wildman–Crippen LogP) is 6.10. The molecule has 5 rings (SSSR count). The summed E-state index contributed by atoms with van der Waals surface area (Å²) < 4.78 is 1.70. The Morgan fingerprint density at radius 2 is 1.64 bits per heavy atom. The minimum Gasteiger partial charge on any atom is -0.389 e. The molecule has 3 aromatic rings. The molecule has 1 aliphatic carbocycles. The number of nitrogens with zero attached hydrogens (tertiary/aromatic N) is 3. The van der Waals surface area contributed by atoms with E-state index in [0.717, 1.165) is 61.8 Å². The second kappa shape index (κ2) is 12.7. The summed E-state index contributed by atoms with van der Waals surface area (Å²) in [6.45, 7) is 10.1. The summed E-state index contributed by atoms with van der Waals surface area (Å²) >= 11 is 0. The van der Waals surface area contributed by atoms with Crippen molar-refractivity contribution < 1.29 is 9.90 Å². The number of para-hydroxylation sites is 1. The summed E-state index contributed by atoms with van der Waals surface area (Å²) in [6.07, 6.45) is 6.42. The molecule has 1 saturated heterocycles. The first kappa shape index (κ1) is 30.5. The molecule has 0 spiro atoms. The highest BCUT2D eigenvalue weighted by Gasteiger charge is 2.43. The van der Waals surface area contributed by atoms with Gasteiger partial charge in [0, 0.05) is 50.6 Å². The Hall–Kier alpha value is -2.96. The molecule has 226 valence electrons. The van der Waals surface area contributed by atoms with Crippen molar-refractivity contribution in [1.29, 1.82) is 0 Å². The van der Waals surface area contributed by atoms with Gasteiger partial charge in [-0.1, -0.05) is 88.6 Å². The van der Waals surface area contributed by atoms with E-state index in [2.05, 4.69) is 37.8 Å². The lowest BCUT2D eigenvalue weighted by Crippen LogP contribution is -2.52. The molecule has 0 bridgehead atoms. The summed E-state index contributed by atoms with van der Waals surface area (Å²) in [6, 6.07) is 20.1. The number of hydrogen-bond acceptors (Lipinski definition) is 4. The van der Waals surface area contributed by atoms with Crippen LogP contribution < -0.4 is 5.56 Å². The van der Waals surface area contributed by atoms with Crippen LogP contribution in [0.3, 0.4) is 0 Å². The smallest absolute Gasteiger partial charge is 0.255 e. The van der Waals surface area contributed by atoms with E-state index >= 15 is 0 Å². The Morgan fingerprint density at radius 3 is 2.31 bits per heavy atom. The largest absolute Gasteiger partial charge is 0.389 e. The Labute approximate surface area is 251 Å². The molecule has 6 heteroatoms. The number of pyridine rings is 1. The van der Waals surface area contributed by atoms with Crippen molar-refractivity contribution in [1.82, 2.24) is 14.4 Å². The minimum atomic E-state index is -0.935. The topological polar surface area (TPSA) is 65.8 Å². The van der Waals surface area contributed by atoms with Crippen molar-refractivity contribution in [3.05, 3.63) is 82.1 Å². The lowest BCUT2D eigenvalue weighted by atomic mass is 9.75. The first-order valence-electron chi connectivity index (χ1n) is 15.9. The van der Waals surface area contributed by atoms with Gasteiger partial charge in [0.05, 0.1) is 17.7 Å².